The lowest BCUT2D eigenvalue weighted by Gasteiger charge is -2.13. The van der Waals surface area contributed by atoms with Crippen molar-refractivity contribution in [2.24, 2.45) is 0 Å². The number of halogens is 4. The first-order chi connectivity index (χ1) is 8.14. The summed E-state index contributed by atoms with van der Waals surface area (Å²) in [4.78, 5) is 21.9. The molecule has 1 unspecified atom stereocenters. The number of Topliss-reactive ketones (excluding diaryl/α,β-unsaturated/α-hetero) is 1. The molecule has 0 aliphatic carbocycles. The number of benzene rings is 1. The molecule has 1 atom stereocenters. The Morgan fingerprint density at radius 2 is 1.89 bits per heavy atom. The average molecular weight is 281 g/mol. The van der Waals surface area contributed by atoms with Gasteiger partial charge in [-0.3, -0.25) is 4.79 Å². The van der Waals surface area contributed by atoms with E-state index in [-0.39, 0.29) is 5.56 Å². The fraction of sp³-hybridized carbons (Fsp3) is 0.273. The van der Waals surface area contributed by atoms with E-state index in [1.54, 1.807) is 0 Å². The minimum Gasteiger partial charge on any atom is -0.478 e. The zero-order chi connectivity index (χ0) is 14.1. The molecule has 18 heavy (non-hydrogen) atoms. The highest BCUT2D eigenvalue weighted by molar-refractivity contribution is 6.31. The summed E-state index contributed by atoms with van der Waals surface area (Å²) in [5.41, 5.74) is -1.82. The van der Waals surface area contributed by atoms with Gasteiger partial charge in [0, 0.05) is 0 Å². The fourth-order valence-electron chi connectivity index (χ4n) is 1.36. The molecule has 0 aliphatic rings. The van der Waals surface area contributed by atoms with E-state index in [2.05, 4.69) is 0 Å². The van der Waals surface area contributed by atoms with Crippen LogP contribution in [0.5, 0.6) is 0 Å². The fourth-order valence-corrected chi connectivity index (χ4v) is 1.54. The molecular weight excluding hydrogens is 273 g/mol. The van der Waals surface area contributed by atoms with Crippen LogP contribution in [-0.2, 0) is 11.0 Å². The van der Waals surface area contributed by atoms with Crippen LogP contribution in [0.3, 0.4) is 0 Å². The van der Waals surface area contributed by atoms with Crippen LogP contribution in [0.25, 0.3) is 0 Å². The first kappa shape index (κ1) is 14.5. The van der Waals surface area contributed by atoms with Gasteiger partial charge >= 0.3 is 12.1 Å². The lowest BCUT2D eigenvalue weighted by Crippen LogP contribution is -2.13. The van der Waals surface area contributed by atoms with E-state index < -0.39 is 34.4 Å². The molecule has 1 aromatic carbocycles. The Kier molecular flexibility index (Phi) is 4.01. The van der Waals surface area contributed by atoms with Crippen LogP contribution in [0, 0.1) is 0 Å². The molecule has 0 heterocycles. The molecule has 3 nitrogen and oxygen atoms in total. The van der Waals surface area contributed by atoms with Crippen LogP contribution in [0.1, 0.15) is 33.8 Å². The maximum absolute atomic E-state index is 12.5. The molecule has 0 fully saturated rings. The highest BCUT2D eigenvalue weighted by atomic mass is 35.5. The van der Waals surface area contributed by atoms with Crippen molar-refractivity contribution in [1.29, 1.82) is 0 Å². The number of aromatic carboxylic acids is 1. The van der Waals surface area contributed by atoms with E-state index >= 15 is 0 Å². The van der Waals surface area contributed by atoms with Gasteiger partial charge in [0.1, 0.15) is 5.38 Å². The third kappa shape index (κ3) is 3.01. The third-order valence-corrected chi connectivity index (χ3v) is 2.78. The van der Waals surface area contributed by atoms with E-state index in [0.717, 1.165) is 13.0 Å². The Bertz CT molecular complexity index is 497. The first-order valence-electron chi connectivity index (χ1n) is 4.73. The summed E-state index contributed by atoms with van der Waals surface area (Å²) in [6.45, 7) is 1.07. The van der Waals surface area contributed by atoms with Crippen molar-refractivity contribution in [2.75, 3.05) is 0 Å². The number of carbonyl (C=O) groups is 2. The summed E-state index contributed by atoms with van der Waals surface area (Å²) in [6, 6.07) is 2.01. The zero-order valence-corrected chi connectivity index (χ0v) is 9.84. The molecule has 1 rings (SSSR count). The highest BCUT2D eigenvalue weighted by Gasteiger charge is 2.33. The van der Waals surface area contributed by atoms with Crippen molar-refractivity contribution >= 4 is 23.4 Å². The molecule has 1 aromatic rings. The molecule has 0 saturated heterocycles. The van der Waals surface area contributed by atoms with Crippen molar-refractivity contribution in [3.63, 3.8) is 0 Å². The van der Waals surface area contributed by atoms with Crippen LogP contribution in [0.15, 0.2) is 18.2 Å². The Hall–Kier alpha value is -1.56. The van der Waals surface area contributed by atoms with Gasteiger partial charge in [0.25, 0.3) is 0 Å². The molecule has 0 saturated carbocycles. The second-order valence-electron chi connectivity index (χ2n) is 3.58. The Morgan fingerprint density at radius 1 is 1.33 bits per heavy atom. The molecule has 0 aromatic heterocycles. The van der Waals surface area contributed by atoms with Gasteiger partial charge < -0.3 is 5.11 Å². The van der Waals surface area contributed by atoms with Crippen molar-refractivity contribution in [2.45, 2.75) is 18.5 Å². The van der Waals surface area contributed by atoms with Crippen molar-refractivity contribution < 1.29 is 27.9 Å². The molecule has 0 spiro atoms. The number of alkyl halides is 4. The van der Waals surface area contributed by atoms with Gasteiger partial charge in [-0.15, -0.1) is 11.6 Å². The number of ketones is 1. The lowest BCUT2D eigenvalue weighted by atomic mass is 9.99. The number of carboxylic acids is 1. The van der Waals surface area contributed by atoms with E-state index in [0.29, 0.717) is 12.1 Å². The van der Waals surface area contributed by atoms with Gasteiger partial charge in [-0.2, -0.15) is 13.2 Å². The monoisotopic (exact) mass is 280 g/mol. The molecule has 7 heteroatoms. The number of rotatable bonds is 3. The molecule has 0 radical (unpaired) electrons. The maximum Gasteiger partial charge on any atom is 0.416 e. The molecule has 0 bridgehead atoms. The first-order valence-corrected chi connectivity index (χ1v) is 5.17. The van der Waals surface area contributed by atoms with Crippen molar-refractivity contribution in [3.05, 3.63) is 34.9 Å². The van der Waals surface area contributed by atoms with Gasteiger partial charge in [-0.25, -0.2) is 4.79 Å². The Balaban J connectivity index is 3.42. The van der Waals surface area contributed by atoms with Crippen LogP contribution < -0.4 is 0 Å². The zero-order valence-electron chi connectivity index (χ0n) is 9.08. The second kappa shape index (κ2) is 4.97. The van der Waals surface area contributed by atoms with Gasteiger partial charge in [-0.05, 0) is 30.7 Å². The van der Waals surface area contributed by atoms with Crippen LogP contribution in [0.2, 0.25) is 0 Å². The minimum absolute atomic E-state index is 0.355. The second-order valence-corrected chi connectivity index (χ2v) is 4.01. The van der Waals surface area contributed by atoms with Crippen LogP contribution >= 0.6 is 11.6 Å². The smallest absolute Gasteiger partial charge is 0.416 e. The van der Waals surface area contributed by atoms with Crippen molar-refractivity contribution in [3.8, 4) is 0 Å². The topological polar surface area (TPSA) is 54.4 Å². The Morgan fingerprint density at radius 3 is 2.28 bits per heavy atom. The maximum atomic E-state index is 12.5. The SMILES string of the molecule is CC(=O)C(Cl)c1cc(C(F)(F)F)ccc1C(=O)O. The van der Waals surface area contributed by atoms with Gasteiger partial charge in [0.15, 0.2) is 5.78 Å². The molecule has 0 aliphatic heterocycles. The van der Waals surface area contributed by atoms with Crippen molar-refractivity contribution in [1.82, 2.24) is 0 Å². The summed E-state index contributed by atoms with van der Waals surface area (Å²) in [6.07, 6.45) is -4.63. The van der Waals surface area contributed by atoms with Gasteiger partial charge in [0.05, 0.1) is 11.1 Å². The van der Waals surface area contributed by atoms with E-state index in [1.165, 1.54) is 0 Å². The quantitative estimate of drug-likeness (QED) is 0.865. The molecule has 98 valence electrons. The lowest BCUT2D eigenvalue weighted by molar-refractivity contribution is -0.137. The highest BCUT2D eigenvalue weighted by Crippen LogP contribution is 2.34. The minimum atomic E-state index is -4.63. The summed E-state index contributed by atoms with van der Waals surface area (Å²) in [5, 5.41) is 7.42. The van der Waals surface area contributed by atoms with Gasteiger partial charge in [-0.1, -0.05) is 0 Å². The van der Waals surface area contributed by atoms with Gasteiger partial charge in [0.2, 0.25) is 0 Å². The Labute approximate surface area is 105 Å². The average Bonchev–Trinajstić information content (AvgIpc) is 2.25. The predicted molar refractivity (Wildman–Crippen MR) is 57.7 cm³/mol. The van der Waals surface area contributed by atoms with Crippen LogP contribution in [0.4, 0.5) is 13.2 Å². The summed E-state index contributed by atoms with van der Waals surface area (Å²) < 4.78 is 37.5. The number of carbonyl (C=O) groups excluding carboxylic acids is 1. The van der Waals surface area contributed by atoms with E-state index in [1.807, 2.05) is 0 Å². The largest absolute Gasteiger partial charge is 0.478 e. The predicted octanol–water partition coefficient (Wildman–Crippen LogP) is 3.27. The van der Waals surface area contributed by atoms with Crippen LogP contribution in [-0.4, -0.2) is 16.9 Å². The number of carboxylic acid groups (broad SMARTS) is 1. The number of hydrogen-bond acceptors (Lipinski definition) is 2. The molecular formula is C11H8ClF3O3. The normalized spacial score (nSPS) is 13.2. The summed E-state index contributed by atoms with van der Waals surface area (Å²) in [5.74, 6) is -2.07. The van der Waals surface area contributed by atoms with E-state index in [4.69, 9.17) is 16.7 Å². The number of hydrogen-bond donors (Lipinski definition) is 1. The molecule has 1 N–H and O–H groups in total. The third-order valence-electron chi connectivity index (χ3n) is 2.24. The van der Waals surface area contributed by atoms with E-state index in [9.17, 15) is 22.8 Å². The summed E-state index contributed by atoms with van der Waals surface area (Å²) >= 11 is 5.63. The standard InChI is InChI=1S/C11H8ClF3O3/c1-5(16)9(12)8-4-6(11(13,14)15)2-3-7(8)10(17)18/h2-4,9H,1H3,(H,17,18). The molecule has 0 amide bonds. The summed E-state index contributed by atoms with van der Waals surface area (Å²) in [7, 11) is 0.